The van der Waals surface area contributed by atoms with E-state index < -0.39 is 5.41 Å². The fraction of sp³-hybridized carbons (Fsp3) is 0.455. The van der Waals surface area contributed by atoms with Crippen molar-refractivity contribution in [1.82, 2.24) is 5.32 Å². The van der Waals surface area contributed by atoms with E-state index in [4.69, 9.17) is 16.9 Å². The third kappa shape index (κ3) is 2.06. The predicted octanol–water partition coefficient (Wildman–Crippen LogP) is 2.88. The molecule has 0 radical (unpaired) electrons. The van der Waals surface area contributed by atoms with E-state index in [2.05, 4.69) is 11.4 Å². The molecule has 1 aromatic heterocycles. The zero-order chi connectivity index (χ0) is 11.8. The Labute approximate surface area is 103 Å². The molecule has 1 aliphatic rings. The number of hydrogen-bond acceptors (Lipinski definition) is 3. The minimum atomic E-state index is -0.755. The minimum absolute atomic E-state index is 0.0872. The van der Waals surface area contributed by atoms with Gasteiger partial charge >= 0.3 is 0 Å². The van der Waals surface area contributed by atoms with Crippen molar-refractivity contribution in [1.29, 1.82) is 5.26 Å². The molecule has 0 bridgehead atoms. The molecular formula is C11H11ClN2OS. The predicted molar refractivity (Wildman–Crippen MR) is 63.2 cm³/mol. The molecule has 2 rings (SSSR count). The zero-order valence-corrected chi connectivity index (χ0v) is 10.4. The van der Waals surface area contributed by atoms with Crippen LogP contribution in [0.2, 0.25) is 4.34 Å². The Morgan fingerprint density at radius 1 is 1.69 bits per heavy atom. The van der Waals surface area contributed by atoms with Crippen LogP contribution in [0.5, 0.6) is 0 Å². The van der Waals surface area contributed by atoms with E-state index in [0.29, 0.717) is 17.2 Å². The van der Waals surface area contributed by atoms with Gasteiger partial charge in [0.05, 0.1) is 16.4 Å². The van der Waals surface area contributed by atoms with Crippen LogP contribution in [0, 0.1) is 16.7 Å². The summed E-state index contributed by atoms with van der Waals surface area (Å²) in [5.41, 5.74) is -0.755. The molecule has 1 aromatic rings. The van der Waals surface area contributed by atoms with Crippen molar-refractivity contribution in [2.24, 2.45) is 5.41 Å². The van der Waals surface area contributed by atoms with Gasteiger partial charge in [-0.2, -0.15) is 5.26 Å². The maximum Gasteiger partial charge on any atom is 0.240 e. The van der Waals surface area contributed by atoms with Crippen LogP contribution >= 0.6 is 22.9 Å². The smallest absolute Gasteiger partial charge is 0.240 e. The van der Waals surface area contributed by atoms with Gasteiger partial charge in [-0.05, 0) is 31.9 Å². The molecule has 1 unspecified atom stereocenters. The lowest BCUT2D eigenvalue weighted by atomic mass is 10.1. The lowest BCUT2D eigenvalue weighted by Gasteiger charge is -2.14. The van der Waals surface area contributed by atoms with Gasteiger partial charge in [0, 0.05) is 4.88 Å². The lowest BCUT2D eigenvalue weighted by Crippen LogP contribution is -2.32. The number of nitrogens with zero attached hydrogens (tertiary/aromatic N) is 1. The van der Waals surface area contributed by atoms with Crippen molar-refractivity contribution in [3.05, 3.63) is 21.3 Å². The molecule has 1 fully saturated rings. The minimum Gasteiger partial charge on any atom is -0.347 e. The quantitative estimate of drug-likeness (QED) is 0.902. The third-order valence-corrected chi connectivity index (χ3v) is 4.18. The number of amides is 1. The van der Waals surface area contributed by atoms with Gasteiger partial charge in [-0.3, -0.25) is 4.79 Å². The van der Waals surface area contributed by atoms with E-state index in [-0.39, 0.29) is 11.9 Å². The first-order valence-corrected chi connectivity index (χ1v) is 6.24. The van der Waals surface area contributed by atoms with Crippen LogP contribution in [-0.2, 0) is 4.79 Å². The van der Waals surface area contributed by atoms with Crippen molar-refractivity contribution in [3.8, 4) is 6.07 Å². The highest BCUT2D eigenvalue weighted by atomic mass is 35.5. The van der Waals surface area contributed by atoms with Crippen molar-refractivity contribution in [2.75, 3.05) is 0 Å². The molecule has 1 heterocycles. The van der Waals surface area contributed by atoms with Crippen LogP contribution in [0.4, 0.5) is 0 Å². The van der Waals surface area contributed by atoms with E-state index >= 15 is 0 Å². The second kappa shape index (κ2) is 4.08. The normalized spacial score (nSPS) is 18.6. The Balaban J connectivity index is 2.01. The summed E-state index contributed by atoms with van der Waals surface area (Å²) in [6.07, 6.45) is 1.35. The monoisotopic (exact) mass is 254 g/mol. The molecule has 1 aliphatic carbocycles. The molecule has 1 atom stereocenters. The fourth-order valence-electron chi connectivity index (χ4n) is 1.48. The number of nitrogens with one attached hydrogen (secondary N) is 1. The number of thiophene rings is 1. The van der Waals surface area contributed by atoms with Crippen LogP contribution in [0.3, 0.4) is 0 Å². The molecule has 5 heteroatoms. The number of hydrogen-bond donors (Lipinski definition) is 1. The second-order valence-corrected chi connectivity index (χ2v) is 5.78. The van der Waals surface area contributed by atoms with Gasteiger partial charge in [0.1, 0.15) is 5.41 Å². The van der Waals surface area contributed by atoms with Crippen molar-refractivity contribution in [2.45, 2.75) is 25.8 Å². The van der Waals surface area contributed by atoms with Gasteiger partial charge in [-0.1, -0.05) is 11.6 Å². The molecule has 0 spiro atoms. The number of halogens is 1. The van der Waals surface area contributed by atoms with Gasteiger partial charge in [0.25, 0.3) is 0 Å². The average Bonchev–Trinajstić information content (AvgIpc) is 2.95. The van der Waals surface area contributed by atoms with Crippen molar-refractivity contribution < 1.29 is 4.79 Å². The molecule has 0 aliphatic heterocycles. The summed E-state index contributed by atoms with van der Waals surface area (Å²) < 4.78 is 0.706. The van der Waals surface area contributed by atoms with E-state index in [9.17, 15) is 4.79 Å². The Kier molecular flexibility index (Phi) is 2.92. The van der Waals surface area contributed by atoms with Crippen LogP contribution in [0.25, 0.3) is 0 Å². The van der Waals surface area contributed by atoms with Crippen molar-refractivity contribution >= 4 is 28.8 Å². The standard InChI is InChI=1S/C11H11ClN2OS/c1-7(8-2-3-9(12)16-8)14-10(15)11(6-13)4-5-11/h2-3,7H,4-5H2,1H3,(H,14,15). The van der Waals surface area contributed by atoms with Gasteiger partial charge in [-0.15, -0.1) is 11.3 Å². The maximum absolute atomic E-state index is 11.8. The van der Waals surface area contributed by atoms with Gasteiger partial charge < -0.3 is 5.32 Å². The molecular weight excluding hydrogens is 244 g/mol. The Morgan fingerprint density at radius 3 is 2.81 bits per heavy atom. The lowest BCUT2D eigenvalue weighted by molar-refractivity contribution is -0.125. The molecule has 1 N–H and O–H groups in total. The summed E-state index contributed by atoms with van der Waals surface area (Å²) in [7, 11) is 0. The second-order valence-electron chi connectivity index (χ2n) is 4.03. The summed E-state index contributed by atoms with van der Waals surface area (Å²) in [5.74, 6) is -0.160. The number of carbonyl (C=O) groups is 1. The highest BCUT2D eigenvalue weighted by Crippen LogP contribution is 2.45. The Bertz CT molecular complexity index is 459. The Hall–Kier alpha value is -1.05. The molecule has 0 saturated heterocycles. The maximum atomic E-state index is 11.8. The van der Waals surface area contributed by atoms with Gasteiger partial charge in [-0.25, -0.2) is 0 Å². The molecule has 3 nitrogen and oxygen atoms in total. The molecule has 0 aromatic carbocycles. The van der Waals surface area contributed by atoms with Crippen LogP contribution in [0.1, 0.15) is 30.7 Å². The fourth-order valence-corrected chi connectivity index (χ4v) is 2.54. The Morgan fingerprint density at radius 2 is 2.38 bits per heavy atom. The van der Waals surface area contributed by atoms with Gasteiger partial charge in [0.15, 0.2) is 0 Å². The van der Waals surface area contributed by atoms with E-state index in [0.717, 1.165) is 4.88 Å². The van der Waals surface area contributed by atoms with E-state index in [1.54, 1.807) is 6.07 Å². The van der Waals surface area contributed by atoms with Crippen LogP contribution < -0.4 is 5.32 Å². The average molecular weight is 255 g/mol. The topological polar surface area (TPSA) is 52.9 Å². The number of rotatable bonds is 3. The summed E-state index contributed by atoms with van der Waals surface area (Å²) in [6, 6.07) is 5.69. The number of nitriles is 1. The summed E-state index contributed by atoms with van der Waals surface area (Å²) in [6.45, 7) is 1.90. The molecule has 1 amide bonds. The van der Waals surface area contributed by atoms with Crippen LogP contribution in [-0.4, -0.2) is 5.91 Å². The van der Waals surface area contributed by atoms with Crippen molar-refractivity contribution in [3.63, 3.8) is 0 Å². The first-order valence-electron chi connectivity index (χ1n) is 5.05. The summed E-state index contributed by atoms with van der Waals surface area (Å²) in [5, 5.41) is 11.7. The summed E-state index contributed by atoms with van der Waals surface area (Å²) >= 11 is 7.27. The number of carbonyl (C=O) groups excluding carboxylic acids is 1. The molecule has 1 saturated carbocycles. The summed E-state index contributed by atoms with van der Waals surface area (Å²) in [4.78, 5) is 12.8. The van der Waals surface area contributed by atoms with E-state index in [1.807, 2.05) is 13.0 Å². The third-order valence-electron chi connectivity index (χ3n) is 2.77. The molecule has 16 heavy (non-hydrogen) atoms. The first-order chi connectivity index (χ1) is 7.57. The van der Waals surface area contributed by atoms with Crippen LogP contribution in [0.15, 0.2) is 12.1 Å². The zero-order valence-electron chi connectivity index (χ0n) is 8.79. The highest BCUT2D eigenvalue weighted by Gasteiger charge is 2.50. The SMILES string of the molecule is CC(NC(=O)C1(C#N)CC1)c1ccc(Cl)s1. The molecule has 84 valence electrons. The highest BCUT2D eigenvalue weighted by molar-refractivity contribution is 7.16. The van der Waals surface area contributed by atoms with Gasteiger partial charge in [0.2, 0.25) is 5.91 Å². The first kappa shape index (κ1) is 11.4. The largest absolute Gasteiger partial charge is 0.347 e. The van der Waals surface area contributed by atoms with E-state index in [1.165, 1.54) is 11.3 Å².